The Morgan fingerprint density at radius 1 is 0.739 bits per heavy atom. The van der Waals surface area contributed by atoms with Crippen molar-refractivity contribution < 1.29 is 0 Å². The summed E-state index contributed by atoms with van der Waals surface area (Å²) >= 11 is 0. The fourth-order valence-corrected chi connectivity index (χ4v) is 2.63. The highest BCUT2D eigenvalue weighted by atomic mass is 14.6. The van der Waals surface area contributed by atoms with Crippen molar-refractivity contribution in [2.45, 2.75) is 13.0 Å². The molecule has 0 spiro atoms. The van der Waals surface area contributed by atoms with Gasteiger partial charge in [-0.3, -0.25) is 0 Å². The Hall–Kier alpha value is -2.64. The molecule has 3 aromatic carbocycles. The molecule has 1 unspecified atom stereocenters. The van der Waals surface area contributed by atoms with E-state index in [9.17, 15) is 0 Å². The number of benzene rings is 3. The summed E-state index contributed by atoms with van der Waals surface area (Å²) in [5.74, 6) is 0. The van der Waals surface area contributed by atoms with Crippen LogP contribution in [0.2, 0.25) is 0 Å². The molecule has 0 saturated heterocycles. The fraction of sp³-hybridized carbons (Fsp3) is 0.0909. The molecule has 3 rings (SSSR count). The van der Waals surface area contributed by atoms with Crippen LogP contribution in [0.5, 0.6) is 0 Å². The maximum atomic E-state index is 5.93. The molecular formula is C22H21N. The van der Waals surface area contributed by atoms with E-state index in [-0.39, 0.29) is 6.04 Å². The lowest BCUT2D eigenvalue weighted by molar-refractivity contribution is 0.818. The third-order valence-electron chi connectivity index (χ3n) is 3.94. The van der Waals surface area contributed by atoms with E-state index in [0.29, 0.717) is 0 Å². The van der Waals surface area contributed by atoms with Crippen LogP contribution in [0.4, 0.5) is 0 Å². The summed E-state index contributed by atoms with van der Waals surface area (Å²) in [6.07, 6.45) is 2.23. The minimum Gasteiger partial charge on any atom is -0.324 e. The first-order chi connectivity index (χ1) is 11.2. The van der Waals surface area contributed by atoms with Crippen LogP contribution in [0.25, 0.3) is 11.6 Å². The second-order valence-corrected chi connectivity index (χ2v) is 5.75. The highest BCUT2D eigenvalue weighted by Gasteiger charge is 2.05. The zero-order valence-corrected chi connectivity index (χ0v) is 13.3. The summed E-state index contributed by atoms with van der Waals surface area (Å²) in [5, 5.41) is 0. The first kappa shape index (κ1) is 15.3. The van der Waals surface area contributed by atoms with Crippen molar-refractivity contribution >= 4 is 11.6 Å². The number of hydrogen-bond donors (Lipinski definition) is 1. The summed E-state index contributed by atoms with van der Waals surface area (Å²) in [7, 11) is 0. The van der Waals surface area contributed by atoms with Gasteiger partial charge in [0, 0.05) is 6.04 Å². The summed E-state index contributed by atoms with van der Waals surface area (Å²) in [6.45, 7) is 2.00. The van der Waals surface area contributed by atoms with E-state index < -0.39 is 0 Å². The predicted octanol–water partition coefficient (Wildman–Crippen LogP) is 5.30. The van der Waals surface area contributed by atoms with Gasteiger partial charge in [0.15, 0.2) is 0 Å². The summed E-state index contributed by atoms with van der Waals surface area (Å²) in [6, 6.07) is 29.5. The SMILES string of the molecule is CC(N)c1ccc(C=C(c2ccccc2)c2ccccc2)cc1. The maximum absolute atomic E-state index is 5.93. The molecule has 1 nitrogen and oxygen atoms in total. The van der Waals surface area contributed by atoms with Gasteiger partial charge in [-0.05, 0) is 40.8 Å². The van der Waals surface area contributed by atoms with E-state index in [0.717, 1.165) is 5.56 Å². The Morgan fingerprint density at radius 2 is 1.22 bits per heavy atom. The molecule has 1 heteroatoms. The summed E-state index contributed by atoms with van der Waals surface area (Å²) < 4.78 is 0. The molecule has 23 heavy (non-hydrogen) atoms. The summed E-state index contributed by atoms with van der Waals surface area (Å²) in [4.78, 5) is 0. The Kier molecular flexibility index (Phi) is 4.70. The monoisotopic (exact) mass is 299 g/mol. The van der Waals surface area contributed by atoms with Crippen LogP contribution in [0.1, 0.15) is 35.2 Å². The average molecular weight is 299 g/mol. The van der Waals surface area contributed by atoms with Crippen molar-refractivity contribution in [2.75, 3.05) is 0 Å². The second-order valence-electron chi connectivity index (χ2n) is 5.75. The van der Waals surface area contributed by atoms with Crippen LogP contribution >= 0.6 is 0 Å². The standard InChI is InChI=1S/C22H21N/c1-17(23)19-14-12-18(13-15-19)16-22(20-8-4-2-5-9-20)21-10-6-3-7-11-21/h2-17H,23H2,1H3. The van der Waals surface area contributed by atoms with Gasteiger partial charge in [-0.15, -0.1) is 0 Å². The minimum atomic E-state index is 0.0655. The Morgan fingerprint density at radius 3 is 1.65 bits per heavy atom. The first-order valence-electron chi connectivity index (χ1n) is 7.92. The van der Waals surface area contributed by atoms with Crippen molar-refractivity contribution in [1.82, 2.24) is 0 Å². The topological polar surface area (TPSA) is 26.0 Å². The van der Waals surface area contributed by atoms with Gasteiger partial charge in [0.05, 0.1) is 0 Å². The molecule has 0 saturated carbocycles. The van der Waals surface area contributed by atoms with Gasteiger partial charge >= 0.3 is 0 Å². The third kappa shape index (κ3) is 3.77. The summed E-state index contributed by atoms with van der Waals surface area (Å²) in [5.41, 5.74) is 11.9. The fourth-order valence-electron chi connectivity index (χ4n) is 2.63. The van der Waals surface area contributed by atoms with E-state index in [1.54, 1.807) is 0 Å². The lowest BCUT2D eigenvalue weighted by atomic mass is 9.95. The third-order valence-corrected chi connectivity index (χ3v) is 3.94. The molecule has 0 aliphatic rings. The van der Waals surface area contributed by atoms with Crippen LogP contribution in [-0.4, -0.2) is 0 Å². The van der Waals surface area contributed by atoms with Crippen molar-refractivity contribution in [3.8, 4) is 0 Å². The van der Waals surface area contributed by atoms with Gasteiger partial charge < -0.3 is 5.73 Å². The highest BCUT2D eigenvalue weighted by molar-refractivity contribution is 5.91. The molecule has 0 amide bonds. The molecule has 0 radical (unpaired) electrons. The van der Waals surface area contributed by atoms with Crippen LogP contribution in [0.15, 0.2) is 84.9 Å². The molecule has 2 N–H and O–H groups in total. The van der Waals surface area contributed by atoms with Crippen molar-refractivity contribution in [2.24, 2.45) is 5.73 Å². The zero-order chi connectivity index (χ0) is 16.1. The van der Waals surface area contributed by atoms with E-state index in [1.807, 2.05) is 19.1 Å². The number of hydrogen-bond acceptors (Lipinski definition) is 1. The normalized spacial score (nSPS) is 11.7. The Bertz CT molecular complexity index is 728. The molecule has 114 valence electrons. The second kappa shape index (κ2) is 7.08. The van der Waals surface area contributed by atoms with Gasteiger partial charge in [0.1, 0.15) is 0 Å². The molecule has 0 aliphatic heterocycles. The molecule has 0 fully saturated rings. The van der Waals surface area contributed by atoms with E-state index in [2.05, 4.69) is 78.9 Å². The predicted molar refractivity (Wildman–Crippen MR) is 98.9 cm³/mol. The van der Waals surface area contributed by atoms with Gasteiger partial charge in [0.2, 0.25) is 0 Å². The van der Waals surface area contributed by atoms with Crippen LogP contribution in [-0.2, 0) is 0 Å². The Balaban J connectivity index is 2.05. The zero-order valence-electron chi connectivity index (χ0n) is 13.3. The van der Waals surface area contributed by atoms with E-state index in [1.165, 1.54) is 22.3 Å². The number of nitrogens with two attached hydrogens (primary N) is 1. The van der Waals surface area contributed by atoms with Crippen molar-refractivity contribution in [3.63, 3.8) is 0 Å². The van der Waals surface area contributed by atoms with Gasteiger partial charge in [-0.1, -0.05) is 84.9 Å². The molecular weight excluding hydrogens is 278 g/mol. The van der Waals surface area contributed by atoms with E-state index in [4.69, 9.17) is 5.73 Å². The highest BCUT2D eigenvalue weighted by Crippen LogP contribution is 2.26. The molecule has 3 aromatic rings. The molecule has 0 bridgehead atoms. The van der Waals surface area contributed by atoms with Crippen LogP contribution in [0.3, 0.4) is 0 Å². The van der Waals surface area contributed by atoms with Crippen molar-refractivity contribution in [1.29, 1.82) is 0 Å². The minimum absolute atomic E-state index is 0.0655. The van der Waals surface area contributed by atoms with Crippen LogP contribution in [0, 0.1) is 0 Å². The lowest BCUT2D eigenvalue weighted by Gasteiger charge is -2.10. The van der Waals surface area contributed by atoms with Gasteiger partial charge in [-0.2, -0.15) is 0 Å². The van der Waals surface area contributed by atoms with Gasteiger partial charge in [0.25, 0.3) is 0 Å². The smallest absolute Gasteiger partial charge is 0.0266 e. The maximum Gasteiger partial charge on any atom is 0.0266 e. The number of rotatable bonds is 4. The first-order valence-corrected chi connectivity index (χ1v) is 7.92. The Labute approximate surface area is 138 Å². The molecule has 1 atom stereocenters. The molecule has 0 heterocycles. The van der Waals surface area contributed by atoms with E-state index >= 15 is 0 Å². The average Bonchev–Trinajstić information content (AvgIpc) is 2.61. The lowest BCUT2D eigenvalue weighted by Crippen LogP contribution is -2.04. The van der Waals surface area contributed by atoms with Gasteiger partial charge in [-0.25, -0.2) is 0 Å². The molecule has 0 aromatic heterocycles. The largest absolute Gasteiger partial charge is 0.324 e. The molecule has 0 aliphatic carbocycles. The van der Waals surface area contributed by atoms with Crippen LogP contribution < -0.4 is 5.73 Å². The quantitative estimate of drug-likeness (QED) is 0.650. The van der Waals surface area contributed by atoms with Crippen molar-refractivity contribution in [3.05, 3.63) is 107 Å².